The van der Waals surface area contributed by atoms with Crippen LogP contribution < -0.4 is 0 Å². The number of hydrogen-bond donors (Lipinski definition) is 0. The Balaban J connectivity index is 1.60. The van der Waals surface area contributed by atoms with E-state index < -0.39 is 0 Å². The average molecular weight is 301 g/mol. The van der Waals surface area contributed by atoms with Crippen LogP contribution in [0.4, 0.5) is 0 Å². The summed E-state index contributed by atoms with van der Waals surface area (Å²) in [5.74, 6) is 8.62. The van der Waals surface area contributed by atoms with Crippen molar-refractivity contribution in [3.8, 4) is 0 Å². The standard InChI is InChI=1S/C22H36/c1-5-16-10-18-12-19-11-17-8-6-7-9-20(17)14(3)22(19)15(4)21(18)13(16)2/h13-14,16-22H,4-12H2,1-3H3/t13?,14-,16?,17-,18?,19?,20+,21?,22?/m1/s1. The summed E-state index contributed by atoms with van der Waals surface area (Å²) in [5.41, 5.74) is 1.71. The van der Waals surface area contributed by atoms with Gasteiger partial charge in [-0.05, 0) is 78.9 Å². The Morgan fingerprint density at radius 2 is 1.50 bits per heavy atom. The van der Waals surface area contributed by atoms with Crippen LogP contribution in [0.3, 0.4) is 0 Å². The van der Waals surface area contributed by atoms with Gasteiger partial charge >= 0.3 is 0 Å². The second-order valence-corrected chi connectivity index (χ2v) is 9.45. The first-order valence-corrected chi connectivity index (χ1v) is 10.3. The van der Waals surface area contributed by atoms with E-state index in [2.05, 4.69) is 20.8 Å². The zero-order valence-corrected chi connectivity index (χ0v) is 15.1. The van der Waals surface area contributed by atoms with Crippen LogP contribution >= 0.6 is 0 Å². The zero-order valence-electron chi connectivity index (χ0n) is 15.1. The highest BCUT2D eigenvalue weighted by Crippen LogP contribution is 2.61. The second kappa shape index (κ2) is 5.67. The fraction of sp³-hybridized carbons (Fsp3) is 0.909. The van der Waals surface area contributed by atoms with Gasteiger partial charge < -0.3 is 0 Å². The first kappa shape index (κ1) is 15.3. The smallest absolute Gasteiger partial charge is 0.0146 e. The summed E-state index contributed by atoms with van der Waals surface area (Å²) in [6.07, 6.45) is 12.0. The first-order valence-electron chi connectivity index (χ1n) is 10.3. The highest BCUT2D eigenvalue weighted by Gasteiger charge is 2.53. The van der Waals surface area contributed by atoms with Crippen molar-refractivity contribution in [2.75, 3.05) is 0 Å². The van der Waals surface area contributed by atoms with Crippen LogP contribution in [0.15, 0.2) is 12.2 Å². The summed E-state index contributed by atoms with van der Waals surface area (Å²) < 4.78 is 0. The molecular formula is C22H36. The van der Waals surface area contributed by atoms with Gasteiger partial charge in [0.15, 0.2) is 0 Å². The molecule has 4 aliphatic rings. The van der Waals surface area contributed by atoms with E-state index in [4.69, 9.17) is 6.58 Å². The maximum Gasteiger partial charge on any atom is -0.0146 e. The molecule has 0 heteroatoms. The normalized spacial score (nSPS) is 54.5. The summed E-state index contributed by atoms with van der Waals surface area (Å²) in [6.45, 7) is 12.3. The zero-order chi connectivity index (χ0) is 15.4. The van der Waals surface area contributed by atoms with Gasteiger partial charge in [0.2, 0.25) is 0 Å². The minimum absolute atomic E-state index is 0.869. The lowest BCUT2D eigenvalue weighted by Gasteiger charge is -2.54. The van der Waals surface area contributed by atoms with Gasteiger partial charge in [-0.25, -0.2) is 0 Å². The van der Waals surface area contributed by atoms with Gasteiger partial charge in [0.25, 0.3) is 0 Å². The van der Waals surface area contributed by atoms with Gasteiger partial charge in [-0.1, -0.05) is 58.6 Å². The monoisotopic (exact) mass is 300 g/mol. The van der Waals surface area contributed by atoms with Gasteiger partial charge in [-0.15, -0.1) is 0 Å². The molecule has 0 spiro atoms. The van der Waals surface area contributed by atoms with Crippen molar-refractivity contribution in [3.05, 3.63) is 12.2 Å². The van der Waals surface area contributed by atoms with Gasteiger partial charge in [0.05, 0.1) is 0 Å². The number of rotatable bonds is 1. The Morgan fingerprint density at radius 3 is 2.27 bits per heavy atom. The fourth-order valence-electron chi connectivity index (χ4n) is 7.84. The highest BCUT2D eigenvalue weighted by molar-refractivity contribution is 5.20. The van der Waals surface area contributed by atoms with E-state index in [0.717, 1.165) is 53.3 Å². The molecule has 4 fully saturated rings. The molecule has 4 rings (SSSR count). The molecule has 22 heavy (non-hydrogen) atoms. The summed E-state index contributed by atoms with van der Waals surface area (Å²) in [4.78, 5) is 0. The van der Waals surface area contributed by atoms with Crippen LogP contribution in [0.5, 0.6) is 0 Å². The Kier molecular flexibility index (Phi) is 3.94. The number of allylic oxidation sites excluding steroid dienone is 1. The SMILES string of the molecule is C=C1C2C(CC(CC)C2C)CC2C[C@H]3CCCC[C@H]3[C@@H](C)C12. The maximum absolute atomic E-state index is 4.75. The largest absolute Gasteiger partial charge is 0.0993 e. The van der Waals surface area contributed by atoms with Gasteiger partial charge in [-0.2, -0.15) is 0 Å². The average Bonchev–Trinajstić information content (AvgIpc) is 2.83. The Bertz CT molecular complexity index is 435. The van der Waals surface area contributed by atoms with E-state index in [-0.39, 0.29) is 0 Å². The van der Waals surface area contributed by atoms with E-state index >= 15 is 0 Å². The summed E-state index contributed by atoms with van der Waals surface area (Å²) in [6, 6.07) is 0. The van der Waals surface area contributed by atoms with E-state index in [1.54, 1.807) is 18.4 Å². The molecule has 0 aromatic heterocycles. The van der Waals surface area contributed by atoms with Crippen molar-refractivity contribution < 1.29 is 0 Å². The molecule has 124 valence electrons. The van der Waals surface area contributed by atoms with E-state index in [0.29, 0.717) is 0 Å². The predicted molar refractivity (Wildman–Crippen MR) is 94.5 cm³/mol. The lowest BCUT2D eigenvalue weighted by molar-refractivity contribution is 0.000599. The summed E-state index contributed by atoms with van der Waals surface area (Å²) >= 11 is 0. The van der Waals surface area contributed by atoms with Crippen molar-refractivity contribution in [2.24, 2.45) is 53.3 Å². The van der Waals surface area contributed by atoms with Gasteiger partial charge in [0.1, 0.15) is 0 Å². The van der Waals surface area contributed by atoms with Gasteiger partial charge in [0, 0.05) is 0 Å². The predicted octanol–water partition coefficient (Wildman–Crippen LogP) is 6.32. The molecule has 6 unspecified atom stereocenters. The van der Waals surface area contributed by atoms with Crippen molar-refractivity contribution in [2.45, 2.75) is 72.1 Å². The minimum atomic E-state index is 0.869. The van der Waals surface area contributed by atoms with Crippen molar-refractivity contribution in [1.82, 2.24) is 0 Å². The third-order valence-electron chi connectivity index (χ3n) is 8.73. The van der Waals surface area contributed by atoms with Crippen LogP contribution in [0.1, 0.15) is 72.1 Å². The molecule has 0 aromatic carbocycles. The van der Waals surface area contributed by atoms with Crippen molar-refractivity contribution in [1.29, 1.82) is 0 Å². The van der Waals surface area contributed by atoms with Gasteiger partial charge in [-0.3, -0.25) is 0 Å². The van der Waals surface area contributed by atoms with E-state index in [1.807, 2.05) is 0 Å². The molecule has 0 nitrogen and oxygen atoms in total. The molecule has 9 atom stereocenters. The Labute approximate surface area is 138 Å². The van der Waals surface area contributed by atoms with Crippen molar-refractivity contribution in [3.63, 3.8) is 0 Å². The van der Waals surface area contributed by atoms with Crippen LogP contribution in [-0.4, -0.2) is 0 Å². The molecule has 0 aromatic rings. The molecular weight excluding hydrogens is 264 g/mol. The Hall–Kier alpha value is -0.260. The molecule has 0 heterocycles. The summed E-state index contributed by atoms with van der Waals surface area (Å²) in [5, 5.41) is 0. The van der Waals surface area contributed by atoms with Crippen LogP contribution in [0.25, 0.3) is 0 Å². The number of hydrogen-bond acceptors (Lipinski definition) is 0. The third-order valence-corrected chi connectivity index (χ3v) is 8.73. The second-order valence-electron chi connectivity index (χ2n) is 9.45. The molecule has 4 aliphatic carbocycles. The minimum Gasteiger partial charge on any atom is -0.0993 e. The third kappa shape index (κ3) is 2.15. The van der Waals surface area contributed by atoms with Crippen LogP contribution in [0, 0.1) is 53.3 Å². The fourth-order valence-corrected chi connectivity index (χ4v) is 7.84. The topological polar surface area (TPSA) is 0 Å². The first-order chi connectivity index (χ1) is 10.6. The summed E-state index contributed by atoms with van der Waals surface area (Å²) in [7, 11) is 0. The molecule has 0 saturated heterocycles. The molecule has 4 saturated carbocycles. The van der Waals surface area contributed by atoms with Crippen LogP contribution in [-0.2, 0) is 0 Å². The lowest BCUT2D eigenvalue weighted by atomic mass is 9.51. The van der Waals surface area contributed by atoms with Crippen molar-refractivity contribution >= 4 is 0 Å². The van der Waals surface area contributed by atoms with Crippen LogP contribution in [0.2, 0.25) is 0 Å². The molecule has 0 radical (unpaired) electrons. The highest BCUT2D eigenvalue weighted by atomic mass is 14.6. The van der Waals surface area contributed by atoms with E-state index in [9.17, 15) is 0 Å². The molecule has 0 amide bonds. The van der Waals surface area contributed by atoms with E-state index in [1.165, 1.54) is 38.5 Å². The molecule has 0 N–H and O–H groups in total. The quantitative estimate of drug-likeness (QED) is 0.497. The molecule has 0 aliphatic heterocycles. The Morgan fingerprint density at radius 1 is 0.864 bits per heavy atom. The lowest BCUT2D eigenvalue weighted by Crippen LogP contribution is -2.46. The maximum atomic E-state index is 4.75. The number of fused-ring (bicyclic) bond motifs is 3. The molecule has 0 bridgehead atoms.